The summed E-state index contributed by atoms with van der Waals surface area (Å²) in [5.74, 6) is -0.955. The molecule has 2 aromatic carbocycles. The summed E-state index contributed by atoms with van der Waals surface area (Å²) in [6, 6.07) is 13.8. The van der Waals surface area contributed by atoms with Crippen molar-refractivity contribution >= 4 is 51.8 Å². The third-order valence-corrected chi connectivity index (χ3v) is 5.03. The number of amides is 2. The first kappa shape index (κ1) is 19.9. The van der Waals surface area contributed by atoms with Crippen molar-refractivity contribution in [3.05, 3.63) is 75.7 Å². The van der Waals surface area contributed by atoms with Gasteiger partial charge in [-0.15, -0.1) is 11.3 Å². The molecule has 5 nitrogen and oxygen atoms in total. The molecule has 0 saturated heterocycles. The maximum atomic E-state index is 13.1. The van der Waals surface area contributed by atoms with Crippen LogP contribution in [-0.4, -0.2) is 17.9 Å². The van der Waals surface area contributed by atoms with Crippen LogP contribution in [0.5, 0.6) is 0 Å². The zero-order valence-corrected chi connectivity index (χ0v) is 16.4. The number of rotatable bonds is 6. The second kappa shape index (κ2) is 8.86. The smallest absolute Gasteiger partial charge is 0.265 e. The minimum absolute atomic E-state index is 0.131. The highest BCUT2D eigenvalue weighted by Crippen LogP contribution is 2.23. The van der Waals surface area contributed by atoms with Gasteiger partial charge in [0.15, 0.2) is 0 Å². The van der Waals surface area contributed by atoms with E-state index < -0.39 is 11.9 Å². The van der Waals surface area contributed by atoms with Crippen molar-refractivity contribution in [1.82, 2.24) is 0 Å². The maximum absolute atomic E-state index is 13.1. The summed E-state index contributed by atoms with van der Waals surface area (Å²) in [6.07, 6.45) is 0. The number of nitrogens with one attached hydrogen (secondary N) is 3. The number of carbonyl (C=O) groups is 2. The average molecular weight is 418 g/mol. The van der Waals surface area contributed by atoms with Crippen LogP contribution in [0.2, 0.25) is 5.02 Å². The van der Waals surface area contributed by atoms with Crippen LogP contribution in [0.3, 0.4) is 0 Å². The number of thiophene rings is 1. The van der Waals surface area contributed by atoms with Crippen molar-refractivity contribution < 1.29 is 14.0 Å². The summed E-state index contributed by atoms with van der Waals surface area (Å²) in [4.78, 5) is 25.0. The first-order valence-electron chi connectivity index (χ1n) is 8.40. The van der Waals surface area contributed by atoms with Gasteiger partial charge in [0.25, 0.3) is 5.91 Å². The molecule has 8 heteroatoms. The van der Waals surface area contributed by atoms with E-state index in [9.17, 15) is 14.0 Å². The fraction of sp³-hybridized carbons (Fsp3) is 0.100. The summed E-state index contributed by atoms with van der Waals surface area (Å²) < 4.78 is 13.1. The molecule has 0 aliphatic carbocycles. The van der Waals surface area contributed by atoms with E-state index in [0.29, 0.717) is 21.9 Å². The predicted octanol–water partition coefficient (Wildman–Crippen LogP) is 5.23. The van der Waals surface area contributed by atoms with Crippen molar-refractivity contribution in [3.63, 3.8) is 0 Å². The molecule has 0 fully saturated rings. The lowest BCUT2D eigenvalue weighted by atomic mass is 10.2. The lowest BCUT2D eigenvalue weighted by molar-refractivity contribution is -0.116. The molecule has 2 amide bonds. The largest absolute Gasteiger partial charge is 0.374 e. The summed E-state index contributed by atoms with van der Waals surface area (Å²) >= 11 is 7.29. The third-order valence-electron chi connectivity index (χ3n) is 3.85. The molecule has 3 aromatic rings. The van der Waals surface area contributed by atoms with Crippen molar-refractivity contribution in [2.75, 3.05) is 16.0 Å². The Balaban J connectivity index is 1.57. The highest BCUT2D eigenvalue weighted by Gasteiger charge is 2.15. The van der Waals surface area contributed by atoms with Gasteiger partial charge in [0.05, 0.1) is 15.6 Å². The monoisotopic (exact) mass is 417 g/mol. The Morgan fingerprint density at radius 3 is 2.39 bits per heavy atom. The van der Waals surface area contributed by atoms with Crippen molar-refractivity contribution in [2.45, 2.75) is 13.0 Å². The molecule has 1 unspecified atom stereocenters. The van der Waals surface area contributed by atoms with Crippen LogP contribution in [0.25, 0.3) is 0 Å². The molecule has 0 aliphatic heterocycles. The minimum atomic E-state index is -0.562. The van der Waals surface area contributed by atoms with Crippen LogP contribution in [0.4, 0.5) is 21.5 Å². The number of hydrogen-bond acceptors (Lipinski definition) is 4. The second-order valence-corrected chi connectivity index (χ2v) is 7.34. The van der Waals surface area contributed by atoms with Crippen molar-refractivity contribution in [3.8, 4) is 0 Å². The summed E-state index contributed by atoms with van der Waals surface area (Å²) in [6.45, 7) is 1.69. The van der Waals surface area contributed by atoms with Crippen LogP contribution in [0.15, 0.2) is 60.0 Å². The van der Waals surface area contributed by atoms with Crippen LogP contribution in [0.1, 0.15) is 16.6 Å². The molecule has 1 heterocycles. The summed E-state index contributed by atoms with van der Waals surface area (Å²) in [7, 11) is 0. The summed E-state index contributed by atoms with van der Waals surface area (Å²) in [5, 5.41) is 10.5. The molecule has 0 radical (unpaired) electrons. The van der Waals surface area contributed by atoms with Crippen LogP contribution in [-0.2, 0) is 4.79 Å². The SMILES string of the molecule is CC(Nc1ccc(NC(=O)c2cccs2)cc1)C(=O)Nc1ccc(F)cc1Cl. The minimum Gasteiger partial charge on any atom is -0.374 e. The van der Waals surface area contributed by atoms with E-state index in [0.717, 1.165) is 6.07 Å². The van der Waals surface area contributed by atoms with E-state index >= 15 is 0 Å². The van der Waals surface area contributed by atoms with E-state index in [4.69, 9.17) is 11.6 Å². The van der Waals surface area contributed by atoms with Gasteiger partial charge in [-0.25, -0.2) is 4.39 Å². The molecule has 1 aromatic heterocycles. The molecule has 144 valence electrons. The molecular weight excluding hydrogens is 401 g/mol. The Morgan fingerprint density at radius 2 is 1.75 bits per heavy atom. The normalized spacial score (nSPS) is 11.5. The standard InChI is InChI=1S/C20H17ClFN3O2S/c1-12(19(26)25-17-9-4-13(22)11-16(17)21)23-14-5-7-15(8-6-14)24-20(27)18-3-2-10-28-18/h2-12,23H,1H3,(H,24,27)(H,25,26). The number of benzene rings is 2. The van der Waals surface area contributed by atoms with Gasteiger partial charge in [-0.1, -0.05) is 17.7 Å². The van der Waals surface area contributed by atoms with E-state index in [-0.39, 0.29) is 16.8 Å². The Morgan fingerprint density at radius 1 is 1.04 bits per heavy atom. The van der Waals surface area contributed by atoms with Crippen molar-refractivity contribution in [1.29, 1.82) is 0 Å². The summed E-state index contributed by atoms with van der Waals surface area (Å²) in [5.41, 5.74) is 1.70. The number of hydrogen-bond donors (Lipinski definition) is 3. The molecule has 1 atom stereocenters. The molecule has 28 heavy (non-hydrogen) atoms. The van der Waals surface area contributed by atoms with Crippen LogP contribution in [0, 0.1) is 5.82 Å². The van der Waals surface area contributed by atoms with Gasteiger partial charge in [0.2, 0.25) is 5.91 Å². The molecule has 3 N–H and O–H groups in total. The maximum Gasteiger partial charge on any atom is 0.265 e. The Labute approximate surface area is 170 Å². The lowest BCUT2D eigenvalue weighted by Gasteiger charge is -2.16. The molecule has 0 bridgehead atoms. The van der Waals surface area contributed by atoms with Gasteiger partial charge < -0.3 is 16.0 Å². The van der Waals surface area contributed by atoms with E-state index in [1.165, 1.54) is 23.5 Å². The average Bonchev–Trinajstić information content (AvgIpc) is 3.20. The lowest BCUT2D eigenvalue weighted by Crippen LogP contribution is -2.31. The fourth-order valence-corrected chi connectivity index (χ4v) is 3.23. The Hall–Kier alpha value is -2.90. The first-order chi connectivity index (χ1) is 13.4. The topological polar surface area (TPSA) is 70.2 Å². The molecule has 0 aliphatic rings. The van der Waals surface area contributed by atoms with Crippen LogP contribution < -0.4 is 16.0 Å². The highest BCUT2D eigenvalue weighted by atomic mass is 35.5. The number of halogens is 2. The molecule has 3 rings (SSSR count). The molecular formula is C20H17ClFN3O2S. The van der Waals surface area contributed by atoms with E-state index in [2.05, 4.69) is 16.0 Å². The van der Waals surface area contributed by atoms with Gasteiger partial charge in [-0.05, 0) is 60.8 Å². The molecule has 0 spiro atoms. The Bertz CT molecular complexity index is 978. The van der Waals surface area contributed by atoms with Gasteiger partial charge in [0, 0.05) is 11.4 Å². The Kier molecular flexibility index (Phi) is 6.28. The number of carbonyl (C=O) groups excluding carboxylic acids is 2. The van der Waals surface area contributed by atoms with Gasteiger partial charge in [-0.3, -0.25) is 9.59 Å². The second-order valence-electron chi connectivity index (χ2n) is 5.99. The van der Waals surface area contributed by atoms with Gasteiger partial charge in [0.1, 0.15) is 11.9 Å². The molecule has 0 saturated carbocycles. The van der Waals surface area contributed by atoms with Crippen LogP contribution >= 0.6 is 22.9 Å². The van der Waals surface area contributed by atoms with Gasteiger partial charge in [-0.2, -0.15) is 0 Å². The van der Waals surface area contributed by atoms with E-state index in [1.807, 2.05) is 11.4 Å². The van der Waals surface area contributed by atoms with Crippen molar-refractivity contribution in [2.24, 2.45) is 0 Å². The highest BCUT2D eigenvalue weighted by molar-refractivity contribution is 7.12. The zero-order valence-electron chi connectivity index (χ0n) is 14.8. The quantitative estimate of drug-likeness (QED) is 0.514. The fourth-order valence-electron chi connectivity index (χ4n) is 2.40. The number of anilines is 3. The predicted molar refractivity (Wildman–Crippen MR) is 112 cm³/mol. The third kappa shape index (κ3) is 5.09. The van der Waals surface area contributed by atoms with E-state index in [1.54, 1.807) is 37.3 Å². The zero-order chi connectivity index (χ0) is 20.1. The van der Waals surface area contributed by atoms with Gasteiger partial charge >= 0.3 is 0 Å². The first-order valence-corrected chi connectivity index (χ1v) is 9.65.